The first-order valence-electron chi connectivity index (χ1n) is 12.8. The zero-order valence-electron chi connectivity index (χ0n) is 20.5. The van der Waals surface area contributed by atoms with E-state index >= 15 is 0 Å². The van der Waals surface area contributed by atoms with E-state index in [1.165, 1.54) is 5.69 Å². The summed E-state index contributed by atoms with van der Waals surface area (Å²) < 4.78 is 11.8. The lowest BCUT2D eigenvalue weighted by molar-refractivity contribution is -0.114. The van der Waals surface area contributed by atoms with E-state index in [2.05, 4.69) is 44.5 Å². The molecule has 3 heterocycles. The summed E-state index contributed by atoms with van der Waals surface area (Å²) in [5, 5.41) is 17.5. The first-order valence-corrected chi connectivity index (χ1v) is 12.8. The summed E-state index contributed by atoms with van der Waals surface area (Å²) in [5.74, 6) is 0.694. The van der Waals surface area contributed by atoms with Crippen molar-refractivity contribution < 1.29 is 19.2 Å². The van der Waals surface area contributed by atoms with Crippen molar-refractivity contribution in [1.29, 1.82) is 0 Å². The maximum Gasteiger partial charge on any atom is 0.251 e. The van der Waals surface area contributed by atoms with Gasteiger partial charge in [0, 0.05) is 56.5 Å². The van der Waals surface area contributed by atoms with Gasteiger partial charge in [-0.1, -0.05) is 41.6 Å². The van der Waals surface area contributed by atoms with E-state index in [4.69, 9.17) is 9.26 Å². The lowest BCUT2D eigenvalue weighted by Gasteiger charge is -2.35. The van der Waals surface area contributed by atoms with Gasteiger partial charge >= 0.3 is 0 Å². The fraction of sp³-hybridized carbons (Fsp3) is 0.429. The van der Waals surface area contributed by atoms with Crippen LogP contribution in [0.2, 0.25) is 0 Å². The molecule has 1 amide bonds. The van der Waals surface area contributed by atoms with Gasteiger partial charge in [-0.15, -0.1) is 0 Å². The van der Waals surface area contributed by atoms with Crippen LogP contribution in [0, 0.1) is 0 Å². The molecule has 2 saturated heterocycles. The fourth-order valence-electron chi connectivity index (χ4n) is 4.95. The minimum atomic E-state index is -0.597. The number of rotatable bonds is 8. The maximum absolute atomic E-state index is 12.3. The molecule has 2 fully saturated rings. The molecule has 2 N–H and O–H groups in total. The summed E-state index contributed by atoms with van der Waals surface area (Å²) in [7, 11) is 0. The third kappa shape index (κ3) is 6.32. The molecule has 0 aliphatic carbocycles. The third-order valence-corrected chi connectivity index (χ3v) is 7.00. The molecule has 2 aromatic carbocycles. The summed E-state index contributed by atoms with van der Waals surface area (Å²) in [6.45, 7) is 4.95. The second-order valence-electron chi connectivity index (χ2n) is 9.60. The number of para-hydroxylation sites is 1. The first-order chi connectivity index (χ1) is 17.6. The highest BCUT2D eigenvalue weighted by Crippen LogP contribution is 2.23. The Morgan fingerprint density at radius 2 is 1.72 bits per heavy atom. The number of aliphatic hydroxyl groups is 1. The van der Waals surface area contributed by atoms with Gasteiger partial charge in [0.2, 0.25) is 0 Å². The molecule has 8 nitrogen and oxygen atoms in total. The van der Waals surface area contributed by atoms with Gasteiger partial charge in [0.25, 0.3) is 5.91 Å². The average molecular weight is 491 g/mol. The van der Waals surface area contributed by atoms with Crippen molar-refractivity contribution in [3.63, 3.8) is 0 Å². The second-order valence-corrected chi connectivity index (χ2v) is 9.60. The Kier molecular flexibility index (Phi) is 7.95. The second kappa shape index (κ2) is 11.7. The molecule has 0 radical (unpaired) electrons. The predicted molar refractivity (Wildman–Crippen MR) is 137 cm³/mol. The van der Waals surface area contributed by atoms with Crippen molar-refractivity contribution in [2.45, 2.75) is 44.1 Å². The van der Waals surface area contributed by atoms with Crippen molar-refractivity contribution >= 4 is 11.6 Å². The van der Waals surface area contributed by atoms with Gasteiger partial charge in [0.15, 0.2) is 5.76 Å². The summed E-state index contributed by atoms with van der Waals surface area (Å²) in [6, 6.07) is 21.6. The van der Waals surface area contributed by atoms with Crippen LogP contribution in [0.1, 0.15) is 34.7 Å². The molecular weight excluding hydrogens is 456 g/mol. The van der Waals surface area contributed by atoms with Gasteiger partial charge in [0.1, 0.15) is 6.10 Å². The lowest BCUT2D eigenvalue weighted by atomic mass is 9.98. The molecule has 0 bridgehead atoms. The van der Waals surface area contributed by atoms with Crippen LogP contribution in [0.15, 0.2) is 71.3 Å². The van der Waals surface area contributed by atoms with Crippen LogP contribution >= 0.6 is 0 Å². The highest BCUT2D eigenvalue weighted by Gasteiger charge is 2.31. The van der Waals surface area contributed by atoms with Gasteiger partial charge in [-0.05, 0) is 37.1 Å². The molecule has 36 heavy (non-hydrogen) atoms. The van der Waals surface area contributed by atoms with E-state index in [9.17, 15) is 9.90 Å². The Labute approximate surface area is 211 Å². The van der Waals surface area contributed by atoms with Crippen LogP contribution < -0.4 is 10.2 Å². The monoisotopic (exact) mass is 490 g/mol. The number of hydrogen-bond donors (Lipinski definition) is 2. The molecule has 3 aromatic rings. The number of aromatic nitrogens is 1. The summed E-state index contributed by atoms with van der Waals surface area (Å²) in [6.07, 6.45) is 0.894. The summed E-state index contributed by atoms with van der Waals surface area (Å²) in [4.78, 5) is 17.1. The summed E-state index contributed by atoms with van der Waals surface area (Å²) >= 11 is 0. The predicted octanol–water partition coefficient (Wildman–Crippen LogP) is 2.88. The Hall–Kier alpha value is -3.20. The third-order valence-electron chi connectivity index (χ3n) is 7.00. The Balaban J connectivity index is 1.08. The number of ether oxygens (including phenoxy) is 1. The molecule has 2 aliphatic rings. The highest BCUT2D eigenvalue weighted by molar-refractivity contribution is 5.94. The topological polar surface area (TPSA) is 91.1 Å². The van der Waals surface area contributed by atoms with E-state index in [0.29, 0.717) is 18.4 Å². The fourth-order valence-corrected chi connectivity index (χ4v) is 4.95. The Morgan fingerprint density at radius 1 is 1.00 bits per heavy atom. The van der Waals surface area contributed by atoms with Crippen LogP contribution in [0.4, 0.5) is 5.69 Å². The van der Waals surface area contributed by atoms with Gasteiger partial charge in [-0.25, -0.2) is 0 Å². The number of nitrogens with zero attached hydrogens (tertiary/aromatic N) is 3. The van der Waals surface area contributed by atoms with Crippen LogP contribution in [-0.2, 0) is 17.7 Å². The highest BCUT2D eigenvalue weighted by atomic mass is 16.5. The number of benzene rings is 2. The number of amides is 1. The van der Waals surface area contributed by atoms with Crippen LogP contribution in [0.5, 0.6) is 0 Å². The standard InChI is InChI=1S/C28H34N4O4/c33-26-12-11-24(35-27(26)19-29-28(34)21-7-3-1-4-8-21)17-22-18-25(36-30-22)20-31-13-15-32(16-14-31)23-9-5-2-6-10-23/h1-10,18,24,26-27,33H,11-17,19-20H2,(H,29,34)/t24-,26-,27+/m0/s1. The van der Waals surface area contributed by atoms with E-state index in [0.717, 1.165) is 50.6 Å². The molecule has 8 heteroatoms. The SMILES string of the molecule is O=C(NC[C@H]1O[C@H](Cc2cc(CN3CCN(c4ccccc4)CC3)on2)CC[C@@H]1O)c1ccccc1. The van der Waals surface area contributed by atoms with E-state index < -0.39 is 12.2 Å². The number of piperazine rings is 1. The van der Waals surface area contributed by atoms with E-state index in [1.54, 1.807) is 12.1 Å². The van der Waals surface area contributed by atoms with Crippen molar-refractivity contribution in [2.75, 3.05) is 37.6 Å². The zero-order valence-corrected chi connectivity index (χ0v) is 20.5. The van der Waals surface area contributed by atoms with Crippen molar-refractivity contribution in [1.82, 2.24) is 15.4 Å². The van der Waals surface area contributed by atoms with E-state index in [-0.39, 0.29) is 18.6 Å². The number of aliphatic hydroxyl groups excluding tert-OH is 1. The first kappa shape index (κ1) is 24.5. The zero-order chi connectivity index (χ0) is 24.7. The lowest BCUT2D eigenvalue weighted by Crippen LogP contribution is -2.46. The smallest absolute Gasteiger partial charge is 0.251 e. The van der Waals surface area contributed by atoms with Gasteiger partial charge in [0.05, 0.1) is 24.4 Å². The van der Waals surface area contributed by atoms with Gasteiger partial charge < -0.3 is 24.6 Å². The van der Waals surface area contributed by atoms with Crippen molar-refractivity contribution in [3.8, 4) is 0 Å². The van der Waals surface area contributed by atoms with Gasteiger partial charge in [-0.3, -0.25) is 9.69 Å². The van der Waals surface area contributed by atoms with E-state index in [1.807, 2.05) is 30.3 Å². The Morgan fingerprint density at radius 3 is 2.47 bits per heavy atom. The molecule has 0 spiro atoms. The Bertz CT molecular complexity index is 1100. The molecule has 190 valence electrons. The molecule has 1 aromatic heterocycles. The normalized spacial score (nSPS) is 22.9. The van der Waals surface area contributed by atoms with Crippen LogP contribution in [0.3, 0.4) is 0 Å². The molecule has 0 saturated carbocycles. The number of anilines is 1. The molecule has 2 aliphatic heterocycles. The minimum Gasteiger partial charge on any atom is -0.390 e. The van der Waals surface area contributed by atoms with Gasteiger partial charge in [-0.2, -0.15) is 0 Å². The number of carbonyl (C=O) groups excluding carboxylic acids is 1. The molecule has 3 atom stereocenters. The van der Waals surface area contributed by atoms with Crippen molar-refractivity contribution in [2.24, 2.45) is 0 Å². The molecule has 5 rings (SSSR count). The number of carbonyl (C=O) groups is 1. The summed E-state index contributed by atoms with van der Waals surface area (Å²) in [5.41, 5.74) is 2.73. The quantitative estimate of drug-likeness (QED) is 0.502. The average Bonchev–Trinajstić information content (AvgIpc) is 3.36. The largest absolute Gasteiger partial charge is 0.390 e. The maximum atomic E-state index is 12.3. The molecule has 0 unspecified atom stereocenters. The van der Waals surface area contributed by atoms with Crippen molar-refractivity contribution in [3.05, 3.63) is 83.7 Å². The molecular formula is C28H34N4O4. The van der Waals surface area contributed by atoms with Crippen LogP contribution in [0.25, 0.3) is 0 Å². The minimum absolute atomic E-state index is 0.0700. The number of hydrogen-bond acceptors (Lipinski definition) is 7. The van der Waals surface area contributed by atoms with Crippen LogP contribution in [-0.4, -0.2) is 72.1 Å². The number of nitrogens with one attached hydrogen (secondary N) is 1.